The van der Waals surface area contributed by atoms with Crippen LogP contribution in [0.4, 0.5) is 0 Å². The van der Waals surface area contributed by atoms with Crippen molar-refractivity contribution < 1.29 is 9.90 Å². The van der Waals surface area contributed by atoms with Crippen LogP contribution in [-0.2, 0) is 11.3 Å². The zero-order chi connectivity index (χ0) is 16.2. The van der Waals surface area contributed by atoms with E-state index in [1.165, 1.54) is 0 Å². The van der Waals surface area contributed by atoms with E-state index in [-0.39, 0.29) is 35.6 Å². The Morgan fingerprint density at radius 1 is 1.38 bits per heavy atom. The first kappa shape index (κ1) is 18.8. The van der Waals surface area contributed by atoms with Gasteiger partial charge in [-0.05, 0) is 37.5 Å². The quantitative estimate of drug-likeness (QED) is 0.422. The Hall–Kier alpha value is -1.51. The molecule has 0 aromatic heterocycles. The molecule has 0 atom stereocenters. The summed E-state index contributed by atoms with van der Waals surface area (Å²) < 4.78 is 0. The Kier molecular flexibility index (Phi) is 6.70. The minimum atomic E-state index is 0. The Morgan fingerprint density at radius 3 is 2.79 bits per heavy atom. The number of nitrogens with zero attached hydrogens (tertiary/aromatic N) is 3. The van der Waals surface area contributed by atoms with Crippen LogP contribution in [0.15, 0.2) is 29.3 Å². The first-order valence-corrected chi connectivity index (χ1v) is 8.28. The number of benzene rings is 1. The predicted octanol–water partition coefficient (Wildman–Crippen LogP) is 1.78. The molecule has 132 valence electrons. The summed E-state index contributed by atoms with van der Waals surface area (Å²) in [6.07, 6.45) is 2.30. The average Bonchev–Trinajstić information content (AvgIpc) is 3.36. The van der Waals surface area contributed by atoms with E-state index in [1.807, 2.05) is 28.9 Å². The number of rotatable bonds is 4. The van der Waals surface area contributed by atoms with Crippen LogP contribution >= 0.6 is 24.0 Å². The molecular weight excluding hydrogens is 419 g/mol. The van der Waals surface area contributed by atoms with Crippen molar-refractivity contribution in [1.82, 2.24) is 15.1 Å². The van der Waals surface area contributed by atoms with E-state index in [0.29, 0.717) is 19.1 Å². The standard InChI is InChI=1S/C17H24N4O2.HI/c1-2-18-17(19-11-13-4-3-5-15(22)10-13)20-8-9-21(14-6-7-14)16(23)12-20;/h3-5,10,14,22H,2,6-9,11-12H2,1H3,(H,18,19);1H. The summed E-state index contributed by atoms with van der Waals surface area (Å²) >= 11 is 0. The number of hydrogen-bond donors (Lipinski definition) is 2. The predicted molar refractivity (Wildman–Crippen MR) is 105 cm³/mol. The van der Waals surface area contributed by atoms with E-state index in [1.54, 1.807) is 12.1 Å². The van der Waals surface area contributed by atoms with Crippen molar-refractivity contribution in [2.45, 2.75) is 32.4 Å². The first-order chi connectivity index (χ1) is 11.2. The zero-order valence-corrected chi connectivity index (χ0v) is 16.3. The van der Waals surface area contributed by atoms with E-state index >= 15 is 0 Å². The van der Waals surface area contributed by atoms with E-state index in [2.05, 4.69) is 10.3 Å². The second-order valence-corrected chi connectivity index (χ2v) is 6.08. The summed E-state index contributed by atoms with van der Waals surface area (Å²) in [6, 6.07) is 7.59. The molecule has 1 aromatic rings. The summed E-state index contributed by atoms with van der Waals surface area (Å²) in [5.41, 5.74) is 0.948. The van der Waals surface area contributed by atoms with Gasteiger partial charge in [0.15, 0.2) is 5.96 Å². The Bertz CT molecular complexity index is 604. The van der Waals surface area contributed by atoms with Crippen LogP contribution in [0.25, 0.3) is 0 Å². The smallest absolute Gasteiger partial charge is 0.242 e. The van der Waals surface area contributed by atoms with Gasteiger partial charge < -0.3 is 20.2 Å². The second-order valence-electron chi connectivity index (χ2n) is 6.08. The summed E-state index contributed by atoms with van der Waals surface area (Å²) in [4.78, 5) is 20.9. The molecule has 0 unspecified atom stereocenters. The molecule has 2 fully saturated rings. The lowest BCUT2D eigenvalue weighted by atomic mass is 10.2. The fourth-order valence-electron chi connectivity index (χ4n) is 2.89. The number of amides is 1. The Balaban J connectivity index is 0.00000208. The maximum absolute atomic E-state index is 12.3. The number of carbonyl (C=O) groups excluding carboxylic acids is 1. The van der Waals surface area contributed by atoms with Crippen LogP contribution in [0.2, 0.25) is 0 Å². The molecule has 0 radical (unpaired) electrons. The van der Waals surface area contributed by atoms with E-state index in [4.69, 9.17) is 0 Å². The van der Waals surface area contributed by atoms with Crippen molar-refractivity contribution in [3.05, 3.63) is 29.8 Å². The second kappa shape index (κ2) is 8.55. The number of halogens is 1. The molecule has 7 heteroatoms. The van der Waals surface area contributed by atoms with Gasteiger partial charge in [-0.2, -0.15) is 0 Å². The van der Waals surface area contributed by atoms with Crippen LogP contribution in [0.5, 0.6) is 5.75 Å². The fourth-order valence-corrected chi connectivity index (χ4v) is 2.89. The lowest BCUT2D eigenvalue weighted by Gasteiger charge is -2.36. The number of phenols is 1. The van der Waals surface area contributed by atoms with Crippen LogP contribution in [0.3, 0.4) is 0 Å². The molecule has 2 N–H and O–H groups in total. The topological polar surface area (TPSA) is 68.2 Å². The van der Waals surface area contributed by atoms with E-state index in [0.717, 1.165) is 44.0 Å². The van der Waals surface area contributed by atoms with E-state index < -0.39 is 0 Å². The summed E-state index contributed by atoms with van der Waals surface area (Å²) in [5.74, 6) is 1.21. The molecule has 1 aliphatic heterocycles. The molecule has 1 heterocycles. The highest BCUT2D eigenvalue weighted by Crippen LogP contribution is 2.28. The highest BCUT2D eigenvalue weighted by atomic mass is 127. The van der Waals surface area contributed by atoms with Gasteiger partial charge in [-0.15, -0.1) is 24.0 Å². The average molecular weight is 444 g/mol. The molecule has 1 amide bonds. The molecule has 24 heavy (non-hydrogen) atoms. The van der Waals surface area contributed by atoms with Gasteiger partial charge >= 0.3 is 0 Å². The molecule has 6 nitrogen and oxygen atoms in total. The van der Waals surface area contributed by atoms with Gasteiger partial charge in [-0.3, -0.25) is 4.79 Å². The van der Waals surface area contributed by atoms with Gasteiger partial charge in [0.1, 0.15) is 5.75 Å². The third-order valence-corrected chi connectivity index (χ3v) is 4.20. The minimum absolute atomic E-state index is 0. The molecule has 1 saturated carbocycles. The number of nitrogens with one attached hydrogen (secondary N) is 1. The molecular formula is C17H25IN4O2. The Labute approximate surface area is 159 Å². The molecule has 1 aliphatic carbocycles. The minimum Gasteiger partial charge on any atom is -0.508 e. The molecule has 0 bridgehead atoms. The number of carbonyl (C=O) groups is 1. The van der Waals surface area contributed by atoms with Crippen LogP contribution < -0.4 is 5.32 Å². The maximum Gasteiger partial charge on any atom is 0.242 e. The van der Waals surface area contributed by atoms with Crippen LogP contribution in [0.1, 0.15) is 25.3 Å². The van der Waals surface area contributed by atoms with Crippen LogP contribution in [-0.4, -0.2) is 59.0 Å². The van der Waals surface area contributed by atoms with E-state index in [9.17, 15) is 9.90 Å². The van der Waals surface area contributed by atoms with Crippen molar-refractivity contribution in [1.29, 1.82) is 0 Å². The Morgan fingerprint density at radius 2 is 2.17 bits per heavy atom. The van der Waals surface area contributed by atoms with Gasteiger partial charge in [0.05, 0.1) is 13.1 Å². The van der Waals surface area contributed by atoms with Crippen molar-refractivity contribution in [3.63, 3.8) is 0 Å². The number of guanidine groups is 1. The molecule has 2 aliphatic rings. The summed E-state index contributed by atoms with van der Waals surface area (Å²) in [7, 11) is 0. The monoisotopic (exact) mass is 444 g/mol. The van der Waals surface area contributed by atoms with Crippen molar-refractivity contribution in [3.8, 4) is 5.75 Å². The zero-order valence-electron chi connectivity index (χ0n) is 13.9. The van der Waals surface area contributed by atoms with Crippen LogP contribution in [0, 0.1) is 0 Å². The third-order valence-electron chi connectivity index (χ3n) is 4.20. The van der Waals surface area contributed by atoms with Crippen molar-refractivity contribution >= 4 is 35.8 Å². The third kappa shape index (κ3) is 4.75. The summed E-state index contributed by atoms with van der Waals surface area (Å²) in [6.45, 7) is 5.24. The maximum atomic E-state index is 12.3. The fraction of sp³-hybridized carbons (Fsp3) is 0.529. The molecule has 3 rings (SSSR count). The SMILES string of the molecule is CCNC(=NCc1cccc(O)c1)N1CCN(C2CC2)C(=O)C1.I. The number of aliphatic imine (C=N–C) groups is 1. The molecule has 1 aromatic carbocycles. The number of phenolic OH excluding ortho intramolecular Hbond substituents is 1. The van der Waals surface area contributed by atoms with Gasteiger partial charge in [0, 0.05) is 25.7 Å². The van der Waals surface area contributed by atoms with Gasteiger partial charge in [0.2, 0.25) is 5.91 Å². The van der Waals surface area contributed by atoms with Crippen molar-refractivity contribution in [2.75, 3.05) is 26.2 Å². The lowest BCUT2D eigenvalue weighted by molar-refractivity contribution is -0.135. The lowest BCUT2D eigenvalue weighted by Crippen LogP contribution is -2.55. The number of hydrogen-bond acceptors (Lipinski definition) is 3. The highest BCUT2D eigenvalue weighted by Gasteiger charge is 2.36. The van der Waals surface area contributed by atoms with Gasteiger partial charge in [0.25, 0.3) is 0 Å². The normalized spacial score (nSPS) is 18.4. The van der Waals surface area contributed by atoms with Gasteiger partial charge in [-0.1, -0.05) is 12.1 Å². The highest BCUT2D eigenvalue weighted by molar-refractivity contribution is 14.0. The summed E-state index contributed by atoms with van der Waals surface area (Å²) in [5, 5.41) is 12.8. The molecule has 1 saturated heterocycles. The first-order valence-electron chi connectivity index (χ1n) is 8.28. The van der Waals surface area contributed by atoms with Crippen molar-refractivity contribution in [2.24, 2.45) is 4.99 Å². The number of piperazine rings is 1. The van der Waals surface area contributed by atoms with Gasteiger partial charge in [-0.25, -0.2) is 4.99 Å². The number of aromatic hydroxyl groups is 1. The molecule has 0 spiro atoms. The largest absolute Gasteiger partial charge is 0.508 e.